The fourth-order valence-electron chi connectivity index (χ4n) is 3.77. The average molecular weight is 370 g/mol. The van der Waals surface area contributed by atoms with Gasteiger partial charge in [0, 0.05) is 29.9 Å². The van der Waals surface area contributed by atoms with Gasteiger partial charge in [-0.1, -0.05) is 12.5 Å². The van der Waals surface area contributed by atoms with Gasteiger partial charge in [0.25, 0.3) is 11.7 Å². The normalized spacial score (nSPS) is 15.4. The first-order valence-electron chi connectivity index (χ1n) is 9.92. The fourth-order valence-corrected chi connectivity index (χ4v) is 3.77. The Bertz CT molecular complexity index is 819. The number of rotatable bonds is 7. The van der Waals surface area contributed by atoms with Crippen LogP contribution in [0.15, 0.2) is 24.4 Å². The maximum Gasteiger partial charge on any atom is 0.292 e. The van der Waals surface area contributed by atoms with Crippen LogP contribution in [0, 0.1) is 0 Å². The highest BCUT2D eigenvalue weighted by atomic mass is 16.2. The summed E-state index contributed by atoms with van der Waals surface area (Å²) in [7, 11) is 0. The number of anilines is 1. The molecule has 1 aromatic carbocycles. The van der Waals surface area contributed by atoms with Crippen molar-refractivity contribution in [2.24, 2.45) is 0 Å². The Morgan fingerprint density at radius 2 is 1.93 bits per heavy atom. The molecule has 1 fully saturated rings. The topological polar surface area (TPSA) is 80.4 Å². The van der Waals surface area contributed by atoms with E-state index in [2.05, 4.69) is 10.2 Å². The van der Waals surface area contributed by atoms with Crippen molar-refractivity contribution in [3.63, 3.8) is 0 Å². The first-order valence-corrected chi connectivity index (χ1v) is 9.92. The van der Waals surface area contributed by atoms with Crippen LogP contribution in [0.2, 0.25) is 0 Å². The van der Waals surface area contributed by atoms with Gasteiger partial charge in [-0.15, -0.1) is 0 Å². The second kappa shape index (κ2) is 8.57. The second-order valence-corrected chi connectivity index (χ2v) is 7.66. The molecular formula is C21H30N4O2. The number of benzene rings is 1. The maximum atomic E-state index is 12.7. The molecule has 3 rings (SSSR count). The number of nitrogens with zero attached hydrogens (tertiary/aromatic N) is 2. The van der Waals surface area contributed by atoms with E-state index in [4.69, 9.17) is 5.73 Å². The van der Waals surface area contributed by atoms with Crippen LogP contribution >= 0.6 is 0 Å². The first kappa shape index (κ1) is 19.4. The number of ketones is 1. The quantitative estimate of drug-likeness (QED) is 0.340. The van der Waals surface area contributed by atoms with Crippen molar-refractivity contribution in [2.45, 2.75) is 45.6 Å². The monoisotopic (exact) mass is 370 g/mol. The number of hydrogen-bond acceptors (Lipinski definition) is 4. The van der Waals surface area contributed by atoms with Crippen molar-refractivity contribution in [2.75, 3.05) is 31.9 Å². The van der Waals surface area contributed by atoms with E-state index in [9.17, 15) is 9.59 Å². The molecule has 1 aromatic heterocycles. The summed E-state index contributed by atoms with van der Waals surface area (Å²) in [6.07, 6.45) is 6.47. The molecule has 0 aliphatic carbocycles. The molecule has 0 atom stereocenters. The van der Waals surface area contributed by atoms with Gasteiger partial charge in [0.15, 0.2) is 0 Å². The summed E-state index contributed by atoms with van der Waals surface area (Å²) >= 11 is 0. The molecule has 1 aliphatic heterocycles. The fraction of sp³-hybridized carbons (Fsp3) is 0.524. The van der Waals surface area contributed by atoms with Crippen LogP contribution < -0.4 is 11.1 Å². The molecule has 2 heterocycles. The largest absolute Gasteiger partial charge is 0.399 e. The Labute approximate surface area is 160 Å². The number of aromatic nitrogens is 1. The highest BCUT2D eigenvalue weighted by molar-refractivity contribution is 6.45. The highest BCUT2D eigenvalue weighted by Crippen LogP contribution is 2.27. The molecule has 1 aliphatic rings. The van der Waals surface area contributed by atoms with Gasteiger partial charge in [0.1, 0.15) is 0 Å². The minimum Gasteiger partial charge on any atom is -0.399 e. The van der Waals surface area contributed by atoms with Gasteiger partial charge in [-0.2, -0.15) is 0 Å². The number of hydrogen-bond donors (Lipinski definition) is 2. The minimum absolute atomic E-state index is 0.170. The van der Waals surface area contributed by atoms with Crippen LogP contribution in [0.3, 0.4) is 0 Å². The number of amides is 1. The van der Waals surface area contributed by atoms with Crippen LogP contribution in [-0.4, -0.2) is 47.3 Å². The molecule has 2 aromatic rings. The Hall–Kier alpha value is -2.34. The molecule has 27 heavy (non-hydrogen) atoms. The van der Waals surface area contributed by atoms with Crippen LogP contribution in [0.25, 0.3) is 10.9 Å². The summed E-state index contributed by atoms with van der Waals surface area (Å²) in [5, 5.41) is 3.56. The van der Waals surface area contributed by atoms with Crippen LogP contribution in [-0.2, 0) is 4.79 Å². The molecule has 0 saturated carbocycles. The van der Waals surface area contributed by atoms with E-state index in [1.54, 1.807) is 12.3 Å². The molecule has 0 unspecified atom stereocenters. The predicted molar refractivity (Wildman–Crippen MR) is 109 cm³/mol. The number of nitrogen functional groups attached to an aromatic ring is 1. The molecule has 1 saturated heterocycles. The van der Waals surface area contributed by atoms with Gasteiger partial charge >= 0.3 is 0 Å². The van der Waals surface area contributed by atoms with Crippen LogP contribution in [0.5, 0.6) is 0 Å². The zero-order valence-corrected chi connectivity index (χ0v) is 16.3. The smallest absolute Gasteiger partial charge is 0.292 e. The van der Waals surface area contributed by atoms with E-state index in [1.807, 2.05) is 30.5 Å². The molecule has 0 spiro atoms. The van der Waals surface area contributed by atoms with E-state index in [0.29, 0.717) is 17.8 Å². The third kappa shape index (κ3) is 4.50. The Kier molecular flexibility index (Phi) is 6.16. The van der Waals surface area contributed by atoms with Crippen LogP contribution in [0.1, 0.15) is 55.9 Å². The van der Waals surface area contributed by atoms with E-state index in [0.717, 1.165) is 37.0 Å². The molecule has 146 valence electrons. The van der Waals surface area contributed by atoms with Crippen LogP contribution in [0.4, 0.5) is 5.69 Å². The third-order valence-electron chi connectivity index (χ3n) is 5.25. The number of carbonyl (C=O) groups is 2. The Morgan fingerprint density at radius 1 is 1.19 bits per heavy atom. The number of nitrogens with two attached hydrogens (primary N) is 1. The maximum absolute atomic E-state index is 12.7. The number of Topliss-reactive ketones (excluding diaryl/α,β-unsaturated/α-hetero) is 1. The minimum atomic E-state index is -0.534. The summed E-state index contributed by atoms with van der Waals surface area (Å²) in [5.74, 6) is -1.02. The lowest BCUT2D eigenvalue weighted by atomic mass is 10.1. The number of likely N-dealkylation sites (tertiary alicyclic amines) is 1. The van der Waals surface area contributed by atoms with Gasteiger partial charge in [-0.25, -0.2) is 0 Å². The average Bonchev–Trinajstić information content (AvgIpc) is 3.04. The Balaban J connectivity index is 1.63. The summed E-state index contributed by atoms with van der Waals surface area (Å²) in [6, 6.07) is 5.60. The van der Waals surface area contributed by atoms with E-state index >= 15 is 0 Å². The lowest BCUT2D eigenvalue weighted by Gasteiger charge is -2.26. The SMILES string of the molecule is CC(C)n1cc(C(=O)C(=O)NCCCN2CCCCC2)c2ccc(N)cc21. The standard InChI is InChI=1S/C21H30N4O2/c1-15(2)25-14-18(17-8-7-16(22)13-19(17)25)20(26)21(27)23-9-6-12-24-10-4-3-5-11-24/h7-8,13-15H,3-6,9-12,22H2,1-2H3,(H,23,27). The molecule has 1 amide bonds. The predicted octanol–water partition coefficient (Wildman–Crippen LogP) is 2.98. The zero-order valence-electron chi connectivity index (χ0n) is 16.3. The zero-order chi connectivity index (χ0) is 19.4. The number of fused-ring (bicyclic) bond motifs is 1. The molecule has 0 bridgehead atoms. The highest BCUT2D eigenvalue weighted by Gasteiger charge is 2.22. The van der Waals surface area contributed by atoms with Crippen molar-refractivity contribution in [1.29, 1.82) is 0 Å². The number of nitrogens with one attached hydrogen (secondary N) is 1. The number of carbonyl (C=O) groups excluding carboxylic acids is 2. The molecule has 3 N–H and O–H groups in total. The summed E-state index contributed by atoms with van der Waals surface area (Å²) in [6.45, 7) is 7.86. The van der Waals surface area contributed by atoms with Gasteiger partial charge < -0.3 is 20.5 Å². The third-order valence-corrected chi connectivity index (χ3v) is 5.25. The lowest BCUT2D eigenvalue weighted by molar-refractivity contribution is -0.117. The van der Waals surface area contributed by atoms with Gasteiger partial charge in [0.05, 0.1) is 11.1 Å². The van der Waals surface area contributed by atoms with E-state index in [1.165, 1.54) is 19.3 Å². The summed E-state index contributed by atoms with van der Waals surface area (Å²) in [5.41, 5.74) is 7.86. The number of piperidine rings is 1. The first-order chi connectivity index (χ1) is 13.0. The van der Waals surface area contributed by atoms with Crippen molar-refractivity contribution in [1.82, 2.24) is 14.8 Å². The lowest BCUT2D eigenvalue weighted by Crippen LogP contribution is -2.35. The molecule has 6 nitrogen and oxygen atoms in total. The van der Waals surface area contributed by atoms with Crippen molar-refractivity contribution in [3.05, 3.63) is 30.0 Å². The summed E-state index contributed by atoms with van der Waals surface area (Å²) < 4.78 is 1.99. The van der Waals surface area contributed by atoms with Crippen molar-refractivity contribution < 1.29 is 9.59 Å². The molecule has 6 heteroatoms. The van der Waals surface area contributed by atoms with Gasteiger partial charge in [0.2, 0.25) is 0 Å². The Morgan fingerprint density at radius 3 is 2.63 bits per heavy atom. The van der Waals surface area contributed by atoms with Gasteiger partial charge in [-0.3, -0.25) is 9.59 Å². The molecule has 0 radical (unpaired) electrons. The molecular weight excluding hydrogens is 340 g/mol. The van der Waals surface area contributed by atoms with E-state index < -0.39 is 11.7 Å². The van der Waals surface area contributed by atoms with E-state index in [-0.39, 0.29) is 6.04 Å². The van der Waals surface area contributed by atoms with Gasteiger partial charge in [-0.05, 0) is 64.9 Å². The second-order valence-electron chi connectivity index (χ2n) is 7.66. The van der Waals surface area contributed by atoms with Crippen molar-refractivity contribution >= 4 is 28.3 Å². The summed E-state index contributed by atoms with van der Waals surface area (Å²) in [4.78, 5) is 27.5. The van der Waals surface area contributed by atoms with Crippen molar-refractivity contribution in [3.8, 4) is 0 Å².